The maximum Gasteiger partial charge on any atom is 0.264 e. The monoisotopic (exact) mass is 534 g/mol. The highest BCUT2D eigenvalue weighted by Crippen LogP contribution is 2.27. The molecule has 0 saturated heterocycles. The maximum absolute atomic E-state index is 13.4. The quantitative estimate of drug-likeness (QED) is 0.247. The van der Waals surface area contributed by atoms with E-state index in [1.165, 1.54) is 17.0 Å². The number of hydrogen-bond donors (Lipinski definition) is 1. The van der Waals surface area contributed by atoms with E-state index in [1.807, 2.05) is 50.2 Å². The Kier molecular flexibility index (Phi) is 8.31. The zero-order valence-corrected chi connectivity index (χ0v) is 22.2. The first kappa shape index (κ1) is 26.4. The predicted octanol–water partition coefficient (Wildman–Crippen LogP) is 6.57. The first-order valence-electron chi connectivity index (χ1n) is 11.6. The van der Waals surface area contributed by atoms with Crippen LogP contribution in [0, 0.1) is 19.7 Å². The number of sulfonamides is 1. The molecule has 0 fully saturated rings. The summed E-state index contributed by atoms with van der Waals surface area (Å²) in [5.74, 6) is -0.239. The Labute approximate surface area is 221 Å². The summed E-state index contributed by atoms with van der Waals surface area (Å²) in [6.07, 6.45) is 0. The molecule has 1 amide bonds. The second-order valence-electron chi connectivity index (χ2n) is 8.60. The Morgan fingerprint density at radius 1 is 0.892 bits per heavy atom. The van der Waals surface area contributed by atoms with Gasteiger partial charge in [0.25, 0.3) is 10.0 Å². The van der Waals surface area contributed by atoms with Crippen molar-refractivity contribution < 1.29 is 17.6 Å². The van der Waals surface area contributed by atoms with Crippen LogP contribution in [0.1, 0.15) is 16.7 Å². The number of hydrogen-bond acceptors (Lipinski definition) is 4. The molecule has 0 unspecified atom stereocenters. The summed E-state index contributed by atoms with van der Waals surface area (Å²) in [6.45, 7) is 3.35. The summed E-state index contributed by atoms with van der Waals surface area (Å²) in [5.41, 5.74) is 3.90. The zero-order valence-electron chi connectivity index (χ0n) is 20.5. The minimum Gasteiger partial charge on any atom is -0.324 e. The van der Waals surface area contributed by atoms with Crippen molar-refractivity contribution in [3.63, 3.8) is 0 Å². The van der Waals surface area contributed by atoms with Gasteiger partial charge in [-0.2, -0.15) is 0 Å². The van der Waals surface area contributed by atoms with Crippen LogP contribution in [0.3, 0.4) is 0 Å². The van der Waals surface area contributed by atoms with E-state index in [0.717, 1.165) is 38.9 Å². The van der Waals surface area contributed by atoms with Crippen LogP contribution in [0.5, 0.6) is 0 Å². The first-order chi connectivity index (χ1) is 17.7. The molecule has 0 bridgehead atoms. The van der Waals surface area contributed by atoms with E-state index in [2.05, 4.69) is 17.4 Å². The molecule has 4 aromatic rings. The Morgan fingerprint density at radius 3 is 2.22 bits per heavy atom. The van der Waals surface area contributed by atoms with Gasteiger partial charge in [-0.3, -0.25) is 9.10 Å². The summed E-state index contributed by atoms with van der Waals surface area (Å²) >= 11 is 1.73. The van der Waals surface area contributed by atoms with Crippen LogP contribution < -0.4 is 9.62 Å². The first-order valence-corrected chi connectivity index (χ1v) is 14.1. The molecule has 0 aromatic heterocycles. The fourth-order valence-corrected chi connectivity index (χ4v) is 6.00. The molecule has 4 aromatic carbocycles. The summed E-state index contributed by atoms with van der Waals surface area (Å²) in [7, 11) is -4.12. The second-order valence-corrected chi connectivity index (χ2v) is 11.5. The predicted molar refractivity (Wildman–Crippen MR) is 148 cm³/mol. The molecule has 8 heteroatoms. The molecule has 0 atom stereocenters. The van der Waals surface area contributed by atoms with E-state index >= 15 is 0 Å². The fourth-order valence-electron chi connectivity index (χ4n) is 3.72. The fraction of sp³-hybridized carbons (Fsp3) is 0.138. The third-order valence-electron chi connectivity index (χ3n) is 5.72. The van der Waals surface area contributed by atoms with Gasteiger partial charge in [0.1, 0.15) is 12.4 Å². The standard InChI is InChI=1S/C29H27FN2O3S2/c1-21-8-13-25(14-9-21)32(37(34,35)27-15-11-24(30)12-16-27)19-29(33)31-28-17-10-23(18-22(28)2)20-36-26-6-4-3-5-7-26/h3-18H,19-20H2,1-2H3,(H,31,33). The van der Waals surface area contributed by atoms with Gasteiger partial charge in [0.05, 0.1) is 10.6 Å². The third-order valence-corrected chi connectivity index (χ3v) is 8.60. The molecule has 190 valence electrons. The van der Waals surface area contributed by atoms with Gasteiger partial charge in [0, 0.05) is 16.3 Å². The van der Waals surface area contributed by atoms with E-state index < -0.39 is 28.3 Å². The summed E-state index contributed by atoms with van der Waals surface area (Å²) in [5, 5.41) is 2.84. The Morgan fingerprint density at radius 2 is 1.57 bits per heavy atom. The number of amides is 1. The van der Waals surface area contributed by atoms with Crippen molar-refractivity contribution in [2.75, 3.05) is 16.2 Å². The molecule has 4 rings (SSSR count). The number of carbonyl (C=O) groups is 1. The number of carbonyl (C=O) groups excluding carboxylic acids is 1. The van der Waals surface area contributed by atoms with Crippen LogP contribution in [0.15, 0.2) is 107 Å². The highest BCUT2D eigenvalue weighted by molar-refractivity contribution is 7.98. The highest BCUT2D eigenvalue weighted by atomic mass is 32.2. The van der Waals surface area contributed by atoms with Gasteiger partial charge in [0.15, 0.2) is 0 Å². The lowest BCUT2D eigenvalue weighted by Gasteiger charge is -2.24. The highest BCUT2D eigenvalue weighted by Gasteiger charge is 2.27. The van der Waals surface area contributed by atoms with Gasteiger partial charge in [-0.1, -0.05) is 48.0 Å². The van der Waals surface area contributed by atoms with Crippen LogP contribution in [-0.4, -0.2) is 20.9 Å². The molecule has 0 radical (unpaired) electrons. The van der Waals surface area contributed by atoms with Gasteiger partial charge in [-0.15, -0.1) is 11.8 Å². The Bertz CT molecular complexity index is 1470. The van der Waals surface area contributed by atoms with Gasteiger partial charge in [-0.25, -0.2) is 12.8 Å². The van der Waals surface area contributed by atoms with E-state index in [9.17, 15) is 17.6 Å². The second kappa shape index (κ2) is 11.6. The topological polar surface area (TPSA) is 66.5 Å². The van der Waals surface area contributed by atoms with Crippen LogP contribution in [-0.2, 0) is 20.6 Å². The molecule has 1 N–H and O–H groups in total. The number of aryl methyl sites for hydroxylation is 2. The summed E-state index contributed by atoms with van der Waals surface area (Å²) < 4.78 is 41.3. The molecule has 5 nitrogen and oxygen atoms in total. The molecule has 0 aliphatic carbocycles. The van der Waals surface area contributed by atoms with E-state index in [1.54, 1.807) is 36.0 Å². The minimum atomic E-state index is -4.12. The molecule has 0 aliphatic rings. The lowest BCUT2D eigenvalue weighted by Crippen LogP contribution is -2.38. The van der Waals surface area contributed by atoms with Crippen LogP contribution >= 0.6 is 11.8 Å². The summed E-state index contributed by atoms with van der Waals surface area (Å²) in [6, 6.07) is 27.3. The van der Waals surface area contributed by atoms with Crippen molar-refractivity contribution >= 4 is 39.1 Å². The number of nitrogens with one attached hydrogen (secondary N) is 1. The number of halogens is 1. The van der Waals surface area contributed by atoms with Crippen molar-refractivity contribution in [3.8, 4) is 0 Å². The van der Waals surface area contributed by atoms with Crippen molar-refractivity contribution in [1.29, 1.82) is 0 Å². The maximum atomic E-state index is 13.4. The normalized spacial score (nSPS) is 11.2. The number of benzene rings is 4. The number of nitrogens with zero attached hydrogens (tertiary/aromatic N) is 1. The Hall–Kier alpha value is -3.62. The lowest BCUT2D eigenvalue weighted by atomic mass is 10.1. The molecular weight excluding hydrogens is 507 g/mol. The van der Waals surface area contributed by atoms with Gasteiger partial charge in [0.2, 0.25) is 5.91 Å². The average Bonchev–Trinajstić information content (AvgIpc) is 2.89. The number of anilines is 2. The molecule has 0 saturated carbocycles. The van der Waals surface area contributed by atoms with Gasteiger partial charge in [-0.05, 0) is 79.6 Å². The van der Waals surface area contributed by atoms with Gasteiger partial charge < -0.3 is 5.32 Å². The van der Waals surface area contributed by atoms with Crippen molar-refractivity contribution in [1.82, 2.24) is 0 Å². The van der Waals surface area contributed by atoms with Crippen LogP contribution in [0.4, 0.5) is 15.8 Å². The molecule has 0 spiro atoms. The van der Waals surface area contributed by atoms with Crippen LogP contribution in [0.25, 0.3) is 0 Å². The Balaban J connectivity index is 1.51. The average molecular weight is 535 g/mol. The van der Waals surface area contributed by atoms with Gasteiger partial charge >= 0.3 is 0 Å². The largest absolute Gasteiger partial charge is 0.324 e. The third kappa shape index (κ3) is 6.78. The number of thioether (sulfide) groups is 1. The summed E-state index contributed by atoms with van der Waals surface area (Å²) in [4.78, 5) is 14.1. The molecular formula is C29H27FN2O3S2. The zero-order chi connectivity index (χ0) is 26.4. The van der Waals surface area contributed by atoms with E-state index in [0.29, 0.717) is 11.4 Å². The smallest absolute Gasteiger partial charge is 0.264 e. The van der Waals surface area contributed by atoms with Crippen LogP contribution in [0.2, 0.25) is 0 Å². The number of rotatable bonds is 9. The van der Waals surface area contributed by atoms with E-state index in [-0.39, 0.29) is 4.90 Å². The van der Waals surface area contributed by atoms with E-state index in [4.69, 9.17) is 0 Å². The SMILES string of the molecule is Cc1ccc(N(CC(=O)Nc2ccc(CSc3ccccc3)cc2C)S(=O)(=O)c2ccc(F)cc2)cc1. The minimum absolute atomic E-state index is 0.0984. The molecule has 0 aliphatic heterocycles. The van der Waals surface area contributed by atoms with Crippen molar-refractivity contribution in [2.24, 2.45) is 0 Å². The van der Waals surface area contributed by atoms with Crippen molar-refractivity contribution in [3.05, 3.63) is 120 Å². The molecule has 0 heterocycles. The van der Waals surface area contributed by atoms with Crippen molar-refractivity contribution in [2.45, 2.75) is 29.4 Å². The lowest BCUT2D eigenvalue weighted by molar-refractivity contribution is -0.114. The molecule has 37 heavy (non-hydrogen) atoms.